The summed E-state index contributed by atoms with van der Waals surface area (Å²) in [7, 11) is 3.04. The molecular formula is C17H14N2O5S. The van der Waals surface area contributed by atoms with Crippen LogP contribution in [0.15, 0.2) is 42.5 Å². The third-order valence-electron chi connectivity index (χ3n) is 3.59. The van der Waals surface area contributed by atoms with Gasteiger partial charge in [-0.25, -0.2) is 0 Å². The third kappa shape index (κ3) is 3.38. The lowest BCUT2D eigenvalue weighted by atomic mass is 10.2. The molecule has 3 rings (SSSR count). The number of methoxy groups -OCH3 is 2. The highest BCUT2D eigenvalue weighted by atomic mass is 32.1. The number of amides is 1. The molecule has 1 amide bonds. The van der Waals surface area contributed by atoms with E-state index in [4.69, 9.17) is 9.47 Å². The average molecular weight is 358 g/mol. The number of benzene rings is 2. The van der Waals surface area contributed by atoms with Crippen LogP contribution in [-0.2, 0) is 0 Å². The normalized spacial score (nSPS) is 10.5. The molecule has 0 spiro atoms. The van der Waals surface area contributed by atoms with Crippen LogP contribution in [0, 0.1) is 10.1 Å². The van der Waals surface area contributed by atoms with Crippen LogP contribution in [0.25, 0.3) is 10.1 Å². The number of rotatable bonds is 5. The molecule has 0 aliphatic heterocycles. The number of nitrogens with zero attached hydrogens (tertiary/aromatic N) is 1. The Morgan fingerprint density at radius 1 is 1.12 bits per heavy atom. The Labute approximate surface area is 146 Å². The van der Waals surface area contributed by atoms with Crippen LogP contribution in [0.5, 0.6) is 11.5 Å². The largest absolute Gasteiger partial charge is 0.497 e. The number of ether oxygens (including phenoxy) is 2. The standard InChI is InChI=1S/C17H14N2O5S/c1-23-12-4-5-14(24-2)13(9-12)18-17(20)16-8-10-7-11(19(21)22)3-6-15(10)25-16/h3-9H,1-2H3,(H,18,20). The number of nitrogens with one attached hydrogen (secondary N) is 1. The summed E-state index contributed by atoms with van der Waals surface area (Å²) in [5.74, 6) is 0.768. The van der Waals surface area contributed by atoms with E-state index in [0.29, 0.717) is 27.4 Å². The Hall–Kier alpha value is -3.13. The summed E-state index contributed by atoms with van der Waals surface area (Å²) in [5, 5.41) is 14.3. The van der Waals surface area contributed by atoms with Crippen molar-refractivity contribution >= 4 is 38.7 Å². The van der Waals surface area contributed by atoms with Gasteiger partial charge >= 0.3 is 0 Å². The molecular weight excluding hydrogens is 344 g/mol. The average Bonchev–Trinajstić information content (AvgIpc) is 3.04. The number of nitro groups is 1. The molecule has 0 unspecified atom stereocenters. The summed E-state index contributed by atoms with van der Waals surface area (Å²) in [6.07, 6.45) is 0. The summed E-state index contributed by atoms with van der Waals surface area (Å²) < 4.78 is 11.2. The minimum Gasteiger partial charge on any atom is -0.497 e. The summed E-state index contributed by atoms with van der Waals surface area (Å²) in [4.78, 5) is 23.4. The zero-order valence-electron chi connectivity index (χ0n) is 13.4. The second kappa shape index (κ2) is 6.78. The maximum Gasteiger partial charge on any atom is 0.270 e. The quantitative estimate of drug-likeness (QED) is 0.548. The van der Waals surface area contributed by atoms with Gasteiger partial charge in [-0.15, -0.1) is 11.3 Å². The van der Waals surface area contributed by atoms with Gasteiger partial charge in [0, 0.05) is 28.3 Å². The Kier molecular flexibility index (Phi) is 4.53. The summed E-state index contributed by atoms with van der Waals surface area (Å²) in [5.41, 5.74) is 0.474. The van der Waals surface area contributed by atoms with E-state index in [2.05, 4.69) is 5.32 Å². The highest BCUT2D eigenvalue weighted by molar-refractivity contribution is 7.20. The Bertz CT molecular complexity index is 967. The number of nitro benzene ring substituents is 1. The SMILES string of the molecule is COc1ccc(OC)c(NC(=O)c2cc3cc([N+](=O)[O-])ccc3s2)c1. The summed E-state index contributed by atoms with van der Waals surface area (Å²) in [6.45, 7) is 0. The smallest absolute Gasteiger partial charge is 0.270 e. The van der Waals surface area contributed by atoms with Crippen molar-refractivity contribution in [1.82, 2.24) is 0 Å². The molecule has 1 aromatic heterocycles. The predicted molar refractivity (Wildman–Crippen MR) is 96.0 cm³/mol. The number of hydrogen-bond donors (Lipinski definition) is 1. The monoisotopic (exact) mass is 358 g/mol. The van der Waals surface area contributed by atoms with Crippen molar-refractivity contribution in [3.05, 3.63) is 57.5 Å². The molecule has 3 aromatic rings. The molecule has 0 bridgehead atoms. The molecule has 0 aliphatic carbocycles. The van der Waals surface area contributed by atoms with E-state index in [-0.39, 0.29) is 11.6 Å². The Morgan fingerprint density at radius 2 is 1.92 bits per heavy atom. The van der Waals surface area contributed by atoms with E-state index in [1.165, 1.54) is 37.7 Å². The number of hydrogen-bond acceptors (Lipinski definition) is 6. The number of carbonyl (C=O) groups is 1. The van der Waals surface area contributed by atoms with Gasteiger partial charge in [-0.05, 0) is 24.3 Å². The lowest BCUT2D eigenvalue weighted by Gasteiger charge is -2.11. The van der Waals surface area contributed by atoms with Crippen molar-refractivity contribution in [1.29, 1.82) is 0 Å². The third-order valence-corrected chi connectivity index (χ3v) is 4.70. The molecule has 0 saturated heterocycles. The van der Waals surface area contributed by atoms with Crippen LogP contribution in [0.2, 0.25) is 0 Å². The van der Waals surface area contributed by atoms with E-state index in [0.717, 1.165) is 4.70 Å². The number of carbonyl (C=O) groups excluding carboxylic acids is 1. The fourth-order valence-corrected chi connectivity index (χ4v) is 3.29. The number of fused-ring (bicyclic) bond motifs is 1. The topological polar surface area (TPSA) is 90.7 Å². The van der Waals surface area contributed by atoms with E-state index >= 15 is 0 Å². The molecule has 1 N–H and O–H groups in total. The molecule has 8 heteroatoms. The fraction of sp³-hybridized carbons (Fsp3) is 0.118. The van der Waals surface area contributed by atoms with Crippen molar-refractivity contribution in [2.75, 3.05) is 19.5 Å². The molecule has 128 valence electrons. The molecule has 0 fully saturated rings. The van der Waals surface area contributed by atoms with Crippen LogP contribution in [-0.4, -0.2) is 25.1 Å². The first-order valence-corrected chi connectivity index (χ1v) is 8.05. The van der Waals surface area contributed by atoms with E-state index in [1.54, 1.807) is 30.3 Å². The first-order valence-electron chi connectivity index (χ1n) is 7.23. The molecule has 1 heterocycles. The first-order chi connectivity index (χ1) is 12.0. The molecule has 0 saturated carbocycles. The lowest BCUT2D eigenvalue weighted by Crippen LogP contribution is -2.11. The van der Waals surface area contributed by atoms with Crippen molar-refractivity contribution in [2.24, 2.45) is 0 Å². The summed E-state index contributed by atoms with van der Waals surface area (Å²) in [6, 6.07) is 11.2. The van der Waals surface area contributed by atoms with Gasteiger partial charge in [0.05, 0.1) is 29.7 Å². The minimum atomic E-state index is -0.460. The van der Waals surface area contributed by atoms with E-state index < -0.39 is 4.92 Å². The minimum absolute atomic E-state index is 0.00766. The second-order valence-corrected chi connectivity index (χ2v) is 6.19. The first kappa shape index (κ1) is 16.7. The predicted octanol–water partition coefficient (Wildman–Crippen LogP) is 4.08. The maximum atomic E-state index is 12.5. The number of anilines is 1. The van der Waals surface area contributed by atoms with Gasteiger partial charge in [-0.3, -0.25) is 14.9 Å². The van der Waals surface area contributed by atoms with Gasteiger partial charge in [-0.2, -0.15) is 0 Å². The van der Waals surface area contributed by atoms with Crippen molar-refractivity contribution in [3.8, 4) is 11.5 Å². The van der Waals surface area contributed by atoms with Crippen molar-refractivity contribution in [2.45, 2.75) is 0 Å². The van der Waals surface area contributed by atoms with E-state index in [1.807, 2.05) is 0 Å². The van der Waals surface area contributed by atoms with Crippen molar-refractivity contribution < 1.29 is 19.2 Å². The molecule has 2 aromatic carbocycles. The maximum absolute atomic E-state index is 12.5. The van der Waals surface area contributed by atoms with Gasteiger partial charge in [0.25, 0.3) is 11.6 Å². The van der Waals surface area contributed by atoms with Crippen LogP contribution < -0.4 is 14.8 Å². The van der Waals surface area contributed by atoms with Gasteiger partial charge in [-0.1, -0.05) is 0 Å². The second-order valence-electron chi connectivity index (χ2n) is 5.11. The molecule has 25 heavy (non-hydrogen) atoms. The van der Waals surface area contributed by atoms with Crippen LogP contribution in [0.3, 0.4) is 0 Å². The molecule has 7 nitrogen and oxygen atoms in total. The summed E-state index contributed by atoms with van der Waals surface area (Å²) >= 11 is 1.26. The Balaban J connectivity index is 1.91. The molecule has 0 radical (unpaired) electrons. The fourth-order valence-electron chi connectivity index (χ4n) is 2.35. The van der Waals surface area contributed by atoms with Gasteiger partial charge < -0.3 is 14.8 Å². The lowest BCUT2D eigenvalue weighted by molar-refractivity contribution is -0.384. The highest BCUT2D eigenvalue weighted by Gasteiger charge is 2.15. The van der Waals surface area contributed by atoms with Crippen molar-refractivity contribution in [3.63, 3.8) is 0 Å². The molecule has 0 atom stereocenters. The van der Waals surface area contributed by atoms with Crippen LogP contribution in [0.4, 0.5) is 11.4 Å². The van der Waals surface area contributed by atoms with Crippen LogP contribution in [0.1, 0.15) is 9.67 Å². The van der Waals surface area contributed by atoms with Gasteiger partial charge in [0.1, 0.15) is 11.5 Å². The van der Waals surface area contributed by atoms with Crippen LogP contribution >= 0.6 is 11.3 Å². The zero-order chi connectivity index (χ0) is 18.0. The number of non-ortho nitro benzene ring substituents is 1. The van der Waals surface area contributed by atoms with Gasteiger partial charge in [0.2, 0.25) is 0 Å². The van der Waals surface area contributed by atoms with E-state index in [9.17, 15) is 14.9 Å². The Morgan fingerprint density at radius 3 is 2.60 bits per heavy atom. The molecule has 0 aliphatic rings. The zero-order valence-corrected chi connectivity index (χ0v) is 14.3. The highest BCUT2D eigenvalue weighted by Crippen LogP contribution is 2.32. The number of thiophene rings is 1. The van der Waals surface area contributed by atoms with Gasteiger partial charge in [0.15, 0.2) is 0 Å².